The first-order valence-corrected chi connectivity index (χ1v) is 8.57. The van der Waals surface area contributed by atoms with Gasteiger partial charge >= 0.3 is 0 Å². The molecule has 1 fully saturated rings. The lowest BCUT2D eigenvalue weighted by atomic mass is 9.79. The van der Waals surface area contributed by atoms with Gasteiger partial charge in [-0.3, -0.25) is 0 Å². The van der Waals surface area contributed by atoms with Crippen LogP contribution < -0.4 is 0 Å². The van der Waals surface area contributed by atoms with Gasteiger partial charge in [-0.15, -0.1) is 0 Å². The minimum absolute atomic E-state index is 0.251. The first kappa shape index (κ1) is 16.5. The Balaban J connectivity index is 2.36. The van der Waals surface area contributed by atoms with Gasteiger partial charge in [0, 0.05) is 5.92 Å². The lowest BCUT2D eigenvalue weighted by Gasteiger charge is -2.29. The second-order valence-corrected chi connectivity index (χ2v) is 7.67. The molecule has 2 aliphatic carbocycles. The number of aliphatic hydroxyl groups is 1. The molecule has 0 heterocycles. The summed E-state index contributed by atoms with van der Waals surface area (Å²) in [5.41, 5.74) is 3.77. The highest BCUT2D eigenvalue weighted by Crippen LogP contribution is 2.46. The van der Waals surface area contributed by atoms with Crippen LogP contribution in [0.2, 0.25) is 0 Å². The number of fused-ring (bicyclic) bond motifs is 1. The van der Waals surface area contributed by atoms with Gasteiger partial charge in [-0.05, 0) is 64.2 Å². The van der Waals surface area contributed by atoms with E-state index in [4.69, 9.17) is 0 Å². The van der Waals surface area contributed by atoms with Crippen LogP contribution in [0.15, 0.2) is 35.5 Å². The van der Waals surface area contributed by atoms with Gasteiger partial charge in [0.15, 0.2) is 0 Å². The molecule has 0 aromatic carbocycles. The van der Waals surface area contributed by atoms with Crippen LogP contribution in [-0.2, 0) is 0 Å². The van der Waals surface area contributed by atoms with Crippen LogP contribution in [0.4, 0.5) is 0 Å². The highest BCUT2D eigenvalue weighted by molar-refractivity contribution is 5.21. The molecule has 3 atom stereocenters. The highest BCUT2D eigenvalue weighted by atomic mass is 16.3. The lowest BCUT2D eigenvalue weighted by Crippen LogP contribution is -2.31. The van der Waals surface area contributed by atoms with E-state index in [1.807, 2.05) is 6.92 Å². The van der Waals surface area contributed by atoms with E-state index in [0.717, 1.165) is 38.5 Å². The van der Waals surface area contributed by atoms with Crippen LogP contribution in [0, 0.1) is 17.8 Å². The van der Waals surface area contributed by atoms with Crippen LogP contribution in [-0.4, -0.2) is 10.7 Å². The average Bonchev–Trinajstić information content (AvgIpc) is 2.67. The monoisotopic (exact) mass is 288 g/mol. The molecular weight excluding hydrogens is 256 g/mol. The third kappa shape index (κ3) is 3.88. The van der Waals surface area contributed by atoms with Crippen LogP contribution >= 0.6 is 0 Å². The Labute approximate surface area is 130 Å². The molecule has 2 aliphatic rings. The molecule has 0 saturated heterocycles. The molecule has 21 heavy (non-hydrogen) atoms. The summed E-state index contributed by atoms with van der Waals surface area (Å²) in [7, 11) is 0. The van der Waals surface area contributed by atoms with Gasteiger partial charge in [0.25, 0.3) is 0 Å². The molecule has 0 aliphatic heterocycles. The fraction of sp³-hybridized carbons (Fsp3) is 0.700. The molecule has 0 aromatic heterocycles. The molecule has 0 spiro atoms. The SMILES string of the molecule is C=C1CC/C=C(\C)CC/C(C(C)C)=C\[C@H]2[C@H]1CC[C@]2(C)O. The normalized spacial score (nSPS) is 40.0. The maximum absolute atomic E-state index is 10.8. The van der Waals surface area contributed by atoms with Gasteiger partial charge in [-0.25, -0.2) is 0 Å². The summed E-state index contributed by atoms with van der Waals surface area (Å²) >= 11 is 0. The van der Waals surface area contributed by atoms with Crippen molar-refractivity contribution in [3.8, 4) is 0 Å². The van der Waals surface area contributed by atoms with Crippen molar-refractivity contribution in [2.75, 3.05) is 0 Å². The highest BCUT2D eigenvalue weighted by Gasteiger charge is 2.43. The van der Waals surface area contributed by atoms with Gasteiger partial charge in [0.2, 0.25) is 0 Å². The molecule has 0 aromatic rings. The van der Waals surface area contributed by atoms with E-state index in [9.17, 15) is 5.11 Å². The maximum atomic E-state index is 10.8. The van der Waals surface area contributed by atoms with Crippen molar-refractivity contribution in [3.63, 3.8) is 0 Å². The van der Waals surface area contributed by atoms with Crippen molar-refractivity contribution in [1.82, 2.24) is 0 Å². The van der Waals surface area contributed by atoms with E-state index in [2.05, 4.69) is 39.5 Å². The third-order valence-electron chi connectivity index (χ3n) is 5.54. The van der Waals surface area contributed by atoms with Crippen molar-refractivity contribution < 1.29 is 5.11 Å². The summed E-state index contributed by atoms with van der Waals surface area (Å²) in [6.45, 7) is 13.2. The van der Waals surface area contributed by atoms with E-state index in [1.165, 1.54) is 16.7 Å². The molecule has 1 nitrogen and oxygen atoms in total. The fourth-order valence-electron chi connectivity index (χ4n) is 3.91. The van der Waals surface area contributed by atoms with Crippen LogP contribution in [0.1, 0.15) is 66.2 Å². The molecule has 0 radical (unpaired) electrons. The zero-order chi connectivity index (χ0) is 15.6. The summed E-state index contributed by atoms with van der Waals surface area (Å²) in [6.07, 6.45) is 11.2. The van der Waals surface area contributed by atoms with E-state index >= 15 is 0 Å². The fourth-order valence-corrected chi connectivity index (χ4v) is 3.91. The summed E-state index contributed by atoms with van der Waals surface area (Å²) in [5, 5.41) is 10.8. The second kappa shape index (κ2) is 6.52. The zero-order valence-electron chi connectivity index (χ0n) is 14.3. The minimum Gasteiger partial charge on any atom is -0.390 e. The number of allylic oxidation sites excluding steroid dienone is 4. The van der Waals surface area contributed by atoms with Crippen molar-refractivity contribution in [3.05, 3.63) is 35.5 Å². The Bertz CT molecular complexity index is 450. The Morgan fingerprint density at radius 1 is 1.29 bits per heavy atom. The van der Waals surface area contributed by atoms with Gasteiger partial charge in [0.05, 0.1) is 5.60 Å². The van der Waals surface area contributed by atoms with Gasteiger partial charge in [-0.2, -0.15) is 0 Å². The van der Waals surface area contributed by atoms with Gasteiger partial charge < -0.3 is 5.11 Å². The number of hydrogen-bond acceptors (Lipinski definition) is 1. The second-order valence-electron chi connectivity index (χ2n) is 7.67. The molecule has 1 saturated carbocycles. The molecule has 2 rings (SSSR count). The van der Waals surface area contributed by atoms with Crippen molar-refractivity contribution in [2.24, 2.45) is 17.8 Å². The van der Waals surface area contributed by atoms with Crippen molar-refractivity contribution in [1.29, 1.82) is 0 Å². The Morgan fingerprint density at radius 2 is 2.00 bits per heavy atom. The van der Waals surface area contributed by atoms with Crippen LogP contribution in [0.5, 0.6) is 0 Å². The standard InChI is InChI=1S/C20H32O/c1-14(2)17-10-9-15(3)7-6-8-16(4)18-11-12-20(5,21)19(18)13-17/h7,13-14,18-19,21H,4,6,8-12H2,1-3,5H3/b15-7+,17-13+/t18-,19-,20-/m0/s1. The largest absolute Gasteiger partial charge is 0.390 e. The first-order chi connectivity index (χ1) is 9.81. The average molecular weight is 288 g/mol. The molecule has 0 bridgehead atoms. The molecule has 0 unspecified atom stereocenters. The summed E-state index contributed by atoms with van der Waals surface area (Å²) in [5.74, 6) is 1.27. The Hall–Kier alpha value is -0.820. The molecule has 1 heteroatoms. The smallest absolute Gasteiger partial charge is 0.0688 e. The predicted octanol–water partition coefficient (Wildman–Crippen LogP) is 5.42. The topological polar surface area (TPSA) is 20.2 Å². The van der Waals surface area contributed by atoms with Gasteiger partial charge in [-0.1, -0.05) is 49.3 Å². The molecule has 0 amide bonds. The molecule has 118 valence electrons. The van der Waals surface area contributed by atoms with E-state index in [1.54, 1.807) is 0 Å². The maximum Gasteiger partial charge on any atom is 0.0688 e. The number of hydrogen-bond donors (Lipinski definition) is 1. The minimum atomic E-state index is -0.565. The van der Waals surface area contributed by atoms with E-state index in [-0.39, 0.29) is 5.92 Å². The van der Waals surface area contributed by atoms with Crippen LogP contribution in [0.3, 0.4) is 0 Å². The lowest BCUT2D eigenvalue weighted by molar-refractivity contribution is 0.0324. The third-order valence-corrected chi connectivity index (χ3v) is 5.54. The van der Waals surface area contributed by atoms with Crippen LogP contribution in [0.25, 0.3) is 0 Å². The van der Waals surface area contributed by atoms with Crippen molar-refractivity contribution >= 4 is 0 Å². The van der Waals surface area contributed by atoms with E-state index < -0.39 is 5.60 Å². The quantitative estimate of drug-likeness (QED) is 0.638. The number of rotatable bonds is 1. The van der Waals surface area contributed by atoms with E-state index in [0.29, 0.717) is 11.8 Å². The summed E-state index contributed by atoms with van der Waals surface area (Å²) in [6, 6.07) is 0. The summed E-state index contributed by atoms with van der Waals surface area (Å²) < 4.78 is 0. The summed E-state index contributed by atoms with van der Waals surface area (Å²) in [4.78, 5) is 0. The predicted molar refractivity (Wildman–Crippen MR) is 91.1 cm³/mol. The Morgan fingerprint density at radius 3 is 2.67 bits per heavy atom. The first-order valence-electron chi connectivity index (χ1n) is 8.57. The molecule has 1 N–H and O–H groups in total. The van der Waals surface area contributed by atoms with Gasteiger partial charge in [0.1, 0.15) is 0 Å². The molecular formula is C20H32O. The zero-order valence-corrected chi connectivity index (χ0v) is 14.3. The Kier molecular flexibility index (Phi) is 5.14. The van der Waals surface area contributed by atoms with Crippen molar-refractivity contribution in [2.45, 2.75) is 71.8 Å².